The molecule has 8 heteroatoms. The van der Waals surface area contributed by atoms with Crippen molar-refractivity contribution in [2.75, 3.05) is 26.3 Å². The van der Waals surface area contributed by atoms with Crippen molar-refractivity contribution in [3.8, 4) is 11.1 Å². The third-order valence-corrected chi connectivity index (χ3v) is 6.87. The zero-order valence-electron chi connectivity index (χ0n) is 19.6. The van der Waals surface area contributed by atoms with E-state index in [0.717, 1.165) is 22.3 Å². The summed E-state index contributed by atoms with van der Waals surface area (Å²) < 4.78 is 10.9. The number of carboxylic acids is 1. The lowest BCUT2D eigenvalue weighted by Gasteiger charge is -2.39. The normalized spacial score (nSPS) is 21.2. The Kier molecular flexibility index (Phi) is 6.61. The number of rotatable bonds is 6. The maximum atomic E-state index is 13.0. The standard InChI is InChI=1S/C26H30N2O6/c1-16(23(29)28-12-13-34-26(3,15-28)24(30)31)17(2)27-25(32)33-14-22-20-10-6-4-8-18(20)19-9-5-7-11-21(19)22/h4-11,16-17,22H,12-15H2,1-3H3,(H,27,32)(H,30,31). The Bertz CT molecular complexity index is 1060. The second kappa shape index (κ2) is 9.46. The molecule has 8 nitrogen and oxygen atoms in total. The van der Waals surface area contributed by atoms with Crippen molar-refractivity contribution in [1.82, 2.24) is 10.2 Å². The minimum absolute atomic E-state index is 0.0385. The maximum absolute atomic E-state index is 13.0. The van der Waals surface area contributed by atoms with Crippen LogP contribution < -0.4 is 5.32 Å². The van der Waals surface area contributed by atoms with Crippen molar-refractivity contribution in [2.24, 2.45) is 5.92 Å². The Morgan fingerprint density at radius 2 is 1.71 bits per heavy atom. The van der Waals surface area contributed by atoms with Crippen LogP contribution >= 0.6 is 0 Å². The monoisotopic (exact) mass is 466 g/mol. The van der Waals surface area contributed by atoms with E-state index in [9.17, 15) is 19.5 Å². The fourth-order valence-corrected chi connectivity index (χ4v) is 4.64. The van der Waals surface area contributed by atoms with Crippen LogP contribution in [0.5, 0.6) is 0 Å². The molecule has 1 heterocycles. The molecule has 2 aromatic rings. The molecule has 2 aliphatic rings. The number of carboxylic acid groups (broad SMARTS) is 1. The molecule has 1 aliphatic carbocycles. The first kappa shape index (κ1) is 23.8. The van der Waals surface area contributed by atoms with Crippen LogP contribution in [0, 0.1) is 5.92 Å². The van der Waals surface area contributed by atoms with E-state index in [0.29, 0.717) is 6.54 Å². The Morgan fingerprint density at radius 3 is 2.29 bits per heavy atom. The van der Waals surface area contributed by atoms with E-state index in [4.69, 9.17) is 9.47 Å². The highest BCUT2D eigenvalue weighted by molar-refractivity contribution is 5.83. The van der Waals surface area contributed by atoms with Crippen LogP contribution in [0.3, 0.4) is 0 Å². The maximum Gasteiger partial charge on any atom is 0.407 e. The number of carbonyl (C=O) groups excluding carboxylic acids is 2. The predicted octanol–water partition coefficient (Wildman–Crippen LogP) is 3.25. The van der Waals surface area contributed by atoms with Crippen LogP contribution in [0.1, 0.15) is 37.8 Å². The van der Waals surface area contributed by atoms with Gasteiger partial charge in [0.25, 0.3) is 0 Å². The van der Waals surface area contributed by atoms with Gasteiger partial charge in [0.1, 0.15) is 6.61 Å². The second-order valence-electron chi connectivity index (χ2n) is 9.19. The van der Waals surface area contributed by atoms with E-state index in [-0.39, 0.29) is 31.6 Å². The number of nitrogens with zero attached hydrogens (tertiary/aromatic N) is 1. The Hall–Kier alpha value is -3.39. The average molecular weight is 467 g/mol. The van der Waals surface area contributed by atoms with Crippen LogP contribution in [-0.4, -0.2) is 65.9 Å². The molecule has 3 atom stereocenters. The summed E-state index contributed by atoms with van der Waals surface area (Å²) in [6.45, 7) is 5.51. The summed E-state index contributed by atoms with van der Waals surface area (Å²) in [4.78, 5) is 38.5. The van der Waals surface area contributed by atoms with Crippen molar-refractivity contribution >= 4 is 18.0 Å². The molecule has 2 aromatic carbocycles. The minimum atomic E-state index is -1.43. The highest BCUT2D eigenvalue weighted by Gasteiger charge is 2.42. The van der Waals surface area contributed by atoms with Crippen LogP contribution in [-0.2, 0) is 19.1 Å². The lowest BCUT2D eigenvalue weighted by molar-refractivity contribution is -0.178. The smallest absolute Gasteiger partial charge is 0.407 e. The van der Waals surface area contributed by atoms with Crippen LogP contribution in [0.4, 0.5) is 4.79 Å². The number of fused-ring (bicyclic) bond motifs is 3. The molecule has 3 unspecified atom stereocenters. The molecule has 0 aromatic heterocycles. The number of aliphatic carboxylic acids is 1. The topological polar surface area (TPSA) is 105 Å². The Balaban J connectivity index is 1.34. The molecule has 180 valence electrons. The average Bonchev–Trinajstić information content (AvgIpc) is 3.15. The first-order valence-electron chi connectivity index (χ1n) is 11.5. The van der Waals surface area contributed by atoms with Gasteiger partial charge >= 0.3 is 12.1 Å². The summed E-state index contributed by atoms with van der Waals surface area (Å²) in [5.74, 6) is -1.95. The van der Waals surface area contributed by atoms with Crippen molar-refractivity contribution in [3.63, 3.8) is 0 Å². The molecule has 2 amide bonds. The van der Waals surface area contributed by atoms with Crippen molar-refractivity contribution in [3.05, 3.63) is 59.7 Å². The summed E-state index contributed by atoms with van der Waals surface area (Å²) in [6.07, 6.45) is -0.591. The number of alkyl carbamates (subject to hydrolysis) is 1. The summed E-state index contributed by atoms with van der Waals surface area (Å²) in [5.41, 5.74) is 3.12. The van der Waals surface area contributed by atoms with Gasteiger partial charge in [0.05, 0.1) is 19.1 Å². The summed E-state index contributed by atoms with van der Waals surface area (Å²) in [7, 11) is 0. The molecule has 0 radical (unpaired) electrons. The van der Waals surface area contributed by atoms with Gasteiger partial charge in [0.2, 0.25) is 5.91 Å². The number of morpholine rings is 1. The van der Waals surface area contributed by atoms with Gasteiger partial charge in [-0.2, -0.15) is 0 Å². The molecule has 1 saturated heterocycles. The van der Waals surface area contributed by atoms with Gasteiger partial charge in [0.15, 0.2) is 5.60 Å². The third kappa shape index (κ3) is 4.50. The van der Waals surface area contributed by atoms with Crippen LogP contribution in [0.15, 0.2) is 48.5 Å². The van der Waals surface area contributed by atoms with Gasteiger partial charge in [0, 0.05) is 18.5 Å². The quantitative estimate of drug-likeness (QED) is 0.677. The fraction of sp³-hybridized carbons (Fsp3) is 0.423. The molecule has 2 N–H and O–H groups in total. The number of nitrogens with one attached hydrogen (secondary N) is 1. The summed E-state index contributed by atoms with van der Waals surface area (Å²) in [5, 5.41) is 12.2. The molecule has 1 aliphatic heterocycles. The molecule has 1 fully saturated rings. The lowest BCUT2D eigenvalue weighted by Crippen LogP contribution is -2.58. The molecule has 4 rings (SSSR count). The highest BCUT2D eigenvalue weighted by Crippen LogP contribution is 2.44. The second-order valence-corrected chi connectivity index (χ2v) is 9.19. The number of amides is 2. The minimum Gasteiger partial charge on any atom is -0.479 e. The number of benzene rings is 2. The van der Waals surface area contributed by atoms with E-state index in [1.165, 1.54) is 11.8 Å². The van der Waals surface area contributed by atoms with Gasteiger partial charge in [-0.3, -0.25) is 4.79 Å². The molecule has 0 bridgehead atoms. The van der Waals surface area contributed by atoms with Gasteiger partial charge in [-0.15, -0.1) is 0 Å². The van der Waals surface area contributed by atoms with E-state index >= 15 is 0 Å². The van der Waals surface area contributed by atoms with E-state index in [1.54, 1.807) is 13.8 Å². The largest absolute Gasteiger partial charge is 0.479 e. The molecule has 0 saturated carbocycles. The van der Waals surface area contributed by atoms with E-state index in [2.05, 4.69) is 29.6 Å². The van der Waals surface area contributed by atoms with E-state index < -0.39 is 29.6 Å². The highest BCUT2D eigenvalue weighted by atomic mass is 16.5. The lowest BCUT2D eigenvalue weighted by atomic mass is 9.98. The Labute approximate surface area is 198 Å². The molecule has 0 spiro atoms. The number of hydrogen-bond acceptors (Lipinski definition) is 5. The zero-order chi connectivity index (χ0) is 24.5. The third-order valence-electron chi connectivity index (χ3n) is 6.87. The zero-order valence-corrected chi connectivity index (χ0v) is 19.6. The SMILES string of the molecule is CC(NC(=O)OCC1c2ccccc2-c2ccccc21)C(C)C(=O)N1CCOC(C)(C(=O)O)C1. The number of hydrogen-bond donors (Lipinski definition) is 2. The van der Waals surface area contributed by atoms with Crippen LogP contribution in [0.2, 0.25) is 0 Å². The number of carbonyl (C=O) groups is 3. The summed E-state index contributed by atoms with van der Waals surface area (Å²) >= 11 is 0. The fourth-order valence-electron chi connectivity index (χ4n) is 4.64. The van der Waals surface area contributed by atoms with Crippen molar-refractivity contribution in [1.29, 1.82) is 0 Å². The van der Waals surface area contributed by atoms with E-state index in [1.807, 2.05) is 24.3 Å². The first-order valence-corrected chi connectivity index (χ1v) is 11.5. The van der Waals surface area contributed by atoms with Gasteiger partial charge in [-0.25, -0.2) is 9.59 Å². The molecular formula is C26H30N2O6. The Morgan fingerprint density at radius 1 is 1.12 bits per heavy atom. The molecule has 34 heavy (non-hydrogen) atoms. The van der Waals surface area contributed by atoms with Crippen molar-refractivity contribution < 1.29 is 29.0 Å². The van der Waals surface area contributed by atoms with Gasteiger partial charge in [-0.05, 0) is 36.1 Å². The summed E-state index contributed by atoms with van der Waals surface area (Å²) in [6, 6.07) is 15.7. The van der Waals surface area contributed by atoms with Gasteiger partial charge in [-0.1, -0.05) is 55.5 Å². The van der Waals surface area contributed by atoms with Gasteiger partial charge < -0.3 is 24.8 Å². The number of ether oxygens (including phenoxy) is 2. The van der Waals surface area contributed by atoms with Crippen molar-refractivity contribution in [2.45, 2.75) is 38.3 Å². The first-order chi connectivity index (χ1) is 16.2. The van der Waals surface area contributed by atoms with Crippen LogP contribution in [0.25, 0.3) is 11.1 Å². The predicted molar refractivity (Wildman–Crippen MR) is 125 cm³/mol. The molecular weight excluding hydrogens is 436 g/mol.